The van der Waals surface area contributed by atoms with Crippen molar-refractivity contribution in [1.82, 2.24) is 10.3 Å². The predicted octanol–water partition coefficient (Wildman–Crippen LogP) is 1.02. The maximum Gasteiger partial charge on any atom is 0.252 e. The van der Waals surface area contributed by atoms with E-state index in [1.165, 1.54) is 12.8 Å². The molecule has 1 saturated carbocycles. The number of amides is 1. The Bertz CT molecular complexity index is 330. The summed E-state index contributed by atoms with van der Waals surface area (Å²) >= 11 is 0. The van der Waals surface area contributed by atoms with Gasteiger partial charge >= 0.3 is 0 Å². The Hall–Kier alpha value is -1.58. The molecule has 2 N–H and O–H groups in total. The Kier molecular flexibility index (Phi) is 2.35. The molecule has 0 saturated heterocycles. The molecule has 14 heavy (non-hydrogen) atoms. The highest BCUT2D eigenvalue weighted by atomic mass is 16.1. The monoisotopic (exact) mass is 191 g/mol. The summed E-state index contributed by atoms with van der Waals surface area (Å²) in [5, 5.41) is 5.81. The molecule has 2 rings (SSSR count). The van der Waals surface area contributed by atoms with Crippen LogP contribution in [-0.4, -0.2) is 24.0 Å². The fourth-order valence-electron chi connectivity index (χ4n) is 1.19. The van der Waals surface area contributed by atoms with E-state index in [9.17, 15) is 4.79 Å². The number of nitrogens with one attached hydrogen (secondary N) is 2. The first-order chi connectivity index (χ1) is 6.79. The third-order valence-corrected chi connectivity index (χ3v) is 2.18. The summed E-state index contributed by atoms with van der Waals surface area (Å²) < 4.78 is 0. The van der Waals surface area contributed by atoms with Crippen LogP contribution in [0.3, 0.4) is 0 Å². The Labute approximate surface area is 82.7 Å². The average molecular weight is 191 g/mol. The molecule has 1 aromatic heterocycles. The lowest BCUT2D eigenvalue weighted by Gasteiger charge is -2.03. The second-order valence-electron chi connectivity index (χ2n) is 3.43. The van der Waals surface area contributed by atoms with Crippen LogP contribution in [0, 0.1) is 0 Å². The Morgan fingerprint density at radius 3 is 2.79 bits per heavy atom. The maximum absolute atomic E-state index is 11.2. The summed E-state index contributed by atoms with van der Waals surface area (Å²) in [6, 6.07) is 4.20. The van der Waals surface area contributed by atoms with Gasteiger partial charge in [0.1, 0.15) is 5.82 Å². The van der Waals surface area contributed by atoms with Crippen LogP contribution in [0.4, 0.5) is 5.82 Å². The molecule has 0 aromatic carbocycles. The van der Waals surface area contributed by atoms with Crippen molar-refractivity contribution in [3.8, 4) is 0 Å². The highest BCUT2D eigenvalue weighted by Gasteiger charge is 2.21. The molecule has 1 aliphatic rings. The van der Waals surface area contributed by atoms with E-state index < -0.39 is 0 Å². The van der Waals surface area contributed by atoms with Crippen LogP contribution in [0.2, 0.25) is 0 Å². The highest BCUT2D eigenvalue weighted by Crippen LogP contribution is 2.23. The number of carbonyl (C=O) groups excluding carboxylic acids is 1. The predicted molar refractivity (Wildman–Crippen MR) is 54.3 cm³/mol. The standard InChI is InChI=1S/C10H13N3O/c1-11-10(14)7-2-5-9(12-6-7)13-8-3-4-8/h2,5-6,8H,3-4H2,1H3,(H,11,14)(H,12,13). The van der Waals surface area contributed by atoms with Crippen molar-refractivity contribution in [3.63, 3.8) is 0 Å². The van der Waals surface area contributed by atoms with Crippen molar-refractivity contribution in [1.29, 1.82) is 0 Å². The molecular weight excluding hydrogens is 178 g/mol. The molecule has 1 amide bonds. The third-order valence-electron chi connectivity index (χ3n) is 2.18. The SMILES string of the molecule is CNC(=O)c1ccc(NC2CC2)nc1. The van der Waals surface area contributed by atoms with Crippen LogP contribution >= 0.6 is 0 Å². The van der Waals surface area contributed by atoms with Crippen LogP contribution in [0.5, 0.6) is 0 Å². The smallest absolute Gasteiger partial charge is 0.252 e. The van der Waals surface area contributed by atoms with Gasteiger partial charge in [0, 0.05) is 19.3 Å². The van der Waals surface area contributed by atoms with E-state index in [0.717, 1.165) is 5.82 Å². The minimum atomic E-state index is -0.101. The second kappa shape index (κ2) is 3.65. The first-order valence-corrected chi connectivity index (χ1v) is 4.74. The van der Waals surface area contributed by atoms with Gasteiger partial charge in [0.2, 0.25) is 0 Å². The van der Waals surface area contributed by atoms with E-state index in [2.05, 4.69) is 15.6 Å². The maximum atomic E-state index is 11.2. The van der Waals surface area contributed by atoms with Crippen molar-refractivity contribution < 1.29 is 4.79 Å². The second-order valence-corrected chi connectivity index (χ2v) is 3.43. The van der Waals surface area contributed by atoms with Crippen molar-refractivity contribution in [2.24, 2.45) is 0 Å². The molecule has 1 aromatic rings. The molecule has 0 bridgehead atoms. The van der Waals surface area contributed by atoms with Gasteiger partial charge in [-0.05, 0) is 25.0 Å². The largest absolute Gasteiger partial charge is 0.367 e. The molecule has 74 valence electrons. The van der Waals surface area contributed by atoms with E-state index in [4.69, 9.17) is 0 Å². The van der Waals surface area contributed by atoms with Gasteiger partial charge in [-0.25, -0.2) is 4.98 Å². The first kappa shape index (κ1) is 8.99. The number of pyridine rings is 1. The fourth-order valence-corrected chi connectivity index (χ4v) is 1.19. The van der Waals surface area contributed by atoms with E-state index in [1.54, 1.807) is 19.3 Å². The van der Waals surface area contributed by atoms with Gasteiger partial charge in [-0.2, -0.15) is 0 Å². The van der Waals surface area contributed by atoms with E-state index in [1.807, 2.05) is 6.07 Å². The zero-order chi connectivity index (χ0) is 9.97. The minimum absolute atomic E-state index is 0.101. The van der Waals surface area contributed by atoms with Crippen LogP contribution in [0.15, 0.2) is 18.3 Å². The Morgan fingerprint density at radius 1 is 1.50 bits per heavy atom. The molecule has 0 radical (unpaired) electrons. The van der Waals surface area contributed by atoms with E-state index in [0.29, 0.717) is 11.6 Å². The third kappa shape index (κ3) is 2.02. The summed E-state index contributed by atoms with van der Waals surface area (Å²) in [4.78, 5) is 15.3. The fraction of sp³-hybridized carbons (Fsp3) is 0.400. The summed E-state index contributed by atoms with van der Waals surface area (Å²) in [5.41, 5.74) is 0.592. The summed E-state index contributed by atoms with van der Waals surface area (Å²) in [5.74, 6) is 0.746. The van der Waals surface area contributed by atoms with Crippen LogP contribution in [0.1, 0.15) is 23.2 Å². The summed E-state index contributed by atoms with van der Waals surface area (Å²) in [7, 11) is 1.61. The van der Waals surface area contributed by atoms with Crippen LogP contribution in [-0.2, 0) is 0 Å². The van der Waals surface area contributed by atoms with Crippen molar-refractivity contribution in [2.45, 2.75) is 18.9 Å². The number of hydrogen-bond donors (Lipinski definition) is 2. The zero-order valence-electron chi connectivity index (χ0n) is 8.08. The van der Waals surface area contributed by atoms with Crippen LogP contribution < -0.4 is 10.6 Å². The number of carbonyl (C=O) groups is 1. The number of hydrogen-bond acceptors (Lipinski definition) is 3. The number of nitrogens with zero attached hydrogens (tertiary/aromatic N) is 1. The van der Waals surface area contributed by atoms with E-state index >= 15 is 0 Å². The average Bonchev–Trinajstić information content (AvgIpc) is 3.02. The van der Waals surface area contributed by atoms with Gasteiger partial charge in [0.15, 0.2) is 0 Å². The molecule has 0 spiro atoms. The summed E-state index contributed by atoms with van der Waals surface area (Å²) in [6.07, 6.45) is 4.03. The number of anilines is 1. The van der Waals surface area contributed by atoms with Crippen molar-refractivity contribution in [2.75, 3.05) is 12.4 Å². The normalized spacial score (nSPS) is 14.9. The van der Waals surface area contributed by atoms with Crippen molar-refractivity contribution in [3.05, 3.63) is 23.9 Å². The topological polar surface area (TPSA) is 54.0 Å². The molecule has 1 aliphatic carbocycles. The molecule has 1 heterocycles. The molecular formula is C10H13N3O. The number of aromatic nitrogens is 1. The van der Waals surface area contributed by atoms with Gasteiger partial charge < -0.3 is 10.6 Å². The lowest BCUT2D eigenvalue weighted by atomic mass is 10.2. The lowest BCUT2D eigenvalue weighted by Crippen LogP contribution is -2.18. The van der Waals surface area contributed by atoms with Gasteiger partial charge in [0.25, 0.3) is 5.91 Å². The van der Waals surface area contributed by atoms with Gasteiger partial charge in [-0.15, -0.1) is 0 Å². The molecule has 4 heteroatoms. The molecule has 0 aliphatic heterocycles. The molecule has 1 fully saturated rings. The lowest BCUT2D eigenvalue weighted by molar-refractivity contribution is 0.0963. The van der Waals surface area contributed by atoms with Crippen LogP contribution in [0.25, 0.3) is 0 Å². The van der Waals surface area contributed by atoms with Crippen molar-refractivity contribution >= 4 is 11.7 Å². The van der Waals surface area contributed by atoms with E-state index in [-0.39, 0.29) is 5.91 Å². The highest BCUT2D eigenvalue weighted by molar-refractivity contribution is 5.93. The Balaban J connectivity index is 2.04. The van der Waals surface area contributed by atoms with Gasteiger partial charge in [0.05, 0.1) is 5.56 Å². The Morgan fingerprint density at radius 2 is 2.29 bits per heavy atom. The number of rotatable bonds is 3. The quantitative estimate of drug-likeness (QED) is 0.749. The molecule has 4 nitrogen and oxygen atoms in total. The summed E-state index contributed by atoms with van der Waals surface area (Å²) in [6.45, 7) is 0. The first-order valence-electron chi connectivity index (χ1n) is 4.74. The van der Waals surface area contributed by atoms with Gasteiger partial charge in [-0.3, -0.25) is 4.79 Å². The zero-order valence-corrected chi connectivity index (χ0v) is 8.08. The minimum Gasteiger partial charge on any atom is -0.367 e. The molecule has 0 unspecified atom stereocenters. The van der Waals surface area contributed by atoms with Gasteiger partial charge in [-0.1, -0.05) is 0 Å². The molecule has 0 atom stereocenters.